The highest BCUT2D eigenvalue weighted by Crippen LogP contribution is 2.34. The number of rotatable bonds is 3. The molecule has 4 nitrogen and oxygen atoms in total. The van der Waals surface area contributed by atoms with Crippen LogP contribution in [0.15, 0.2) is 47.4 Å². The first-order valence-electron chi connectivity index (χ1n) is 6.44. The molecule has 0 atom stereocenters. The molecule has 0 saturated carbocycles. The van der Waals surface area contributed by atoms with Crippen molar-refractivity contribution < 1.29 is 17.2 Å². The summed E-state index contributed by atoms with van der Waals surface area (Å²) in [6.45, 7) is 0. The molecule has 0 spiro atoms. The third-order valence-corrected chi connectivity index (χ3v) is 5.13. The Kier molecular flexibility index (Phi) is 3.95. The molecule has 0 aliphatic carbocycles. The molecule has 0 aliphatic rings. The standard InChI is InChI=1S/C15H10F2N2O2S2/c1-23(20,21)11-5-2-9(3-6-11)15-14(18-19-22-15)10-4-7-12(16)13(17)8-10/h2-8H,1H3. The van der Waals surface area contributed by atoms with Gasteiger partial charge in [-0.1, -0.05) is 16.6 Å². The molecule has 0 amide bonds. The second-order valence-corrected chi connectivity index (χ2v) is 7.65. The summed E-state index contributed by atoms with van der Waals surface area (Å²) in [4.78, 5) is 0.851. The molecule has 0 fully saturated rings. The predicted octanol–water partition coefficient (Wildman–Crippen LogP) is 3.55. The van der Waals surface area contributed by atoms with E-state index in [4.69, 9.17) is 0 Å². The Hall–Kier alpha value is -2.19. The zero-order valence-electron chi connectivity index (χ0n) is 11.8. The number of sulfone groups is 1. The third kappa shape index (κ3) is 3.13. The molecular formula is C15H10F2N2O2S2. The zero-order chi connectivity index (χ0) is 16.6. The minimum absolute atomic E-state index is 0.202. The van der Waals surface area contributed by atoms with Crippen molar-refractivity contribution in [3.63, 3.8) is 0 Å². The summed E-state index contributed by atoms with van der Waals surface area (Å²) >= 11 is 1.09. The molecule has 0 bridgehead atoms. The molecule has 0 saturated heterocycles. The van der Waals surface area contributed by atoms with Gasteiger partial charge in [-0.15, -0.1) is 5.10 Å². The first-order valence-corrected chi connectivity index (χ1v) is 9.11. The number of nitrogens with zero attached hydrogens (tertiary/aromatic N) is 2. The van der Waals surface area contributed by atoms with Crippen molar-refractivity contribution in [2.24, 2.45) is 0 Å². The van der Waals surface area contributed by atoms with Crippen molar-refractivity contribution in [2.45, 2.75) is 4.90 Å². The topological polar surface area (TPSA) is 59.9 Å². The van der Waals surface area contributed by atoms with E-state index in [0.717, 1.165) is 29.9 Å². The van der Waals surface area contributed by atoms with Crippen molar-refractivity contribution in [1.82, 2.24) is 9.59 Å². The molecule has 23 heavy (non-hydrogen) atoms. The average molecular weight is 352 g/mol. The molecule has 1 aromatic heterocycles. The Morgan fingerprint density at radius 1 is 0.957 bits per heavy atom. The van der Waals surface area contributed by atoms with Gasteiger partial charge in [0.1, 0.15) is 5.69 Å². The highest BCUT2D eigenvalue weighted by molar-refractivity contribution is 7.90. The summed E-state index contributed by atoms with van der Waals surface area (Å²) in [5.74, 6) is -1.90. The van der Waals surface area contributed by atoms with Gasteiger partial charge in [0.15, 0.2) is 21.5 Å². The SMILES string of the molecule is CS(=O)(=O)c1ccc(-c2snnc2-c2ccc(F)c(F)c2)cc1. The van der Waals surface area contributed by atoms with E-state index in [2.05, 4.69) is 9.59 Å². The van der Waals surface area contributed by atoms with Crippen LogP contribution in [0, 0.1) is 11.6 Å². The van der Waals surface area contributed by atoms with Crippen LogP contribution in [0.4, 0.5) is 8.78 Å². The molecule has 8 heteroatoms. The van der Waals surface area contributed by atoms with E-state index < -0.39 is 21.5 Å². The van der Waals surface area contributed by atoms with E-state index in [1.54, 1.807) is 12.1 Å². The largest absolute Gasteiger partial charge is 0.224 e. The fourth-order valence-electron chi connectivity index (χ4n) is 2.07. The van der Waals surface area contributed by atoms with Crippen LogP contribution in [-0.4, -0.2) is 24.3 Å². The van der Waals surface area contributed by atoms with Crippen molar-refractivity contribution in [3.05, 3.63) is 54.1 Å². The van der Waals surface area contributed by atoms with Gasteiger partial charge >= 0.3 is 0 Å². The second kappa shape index (κ2) is 5.78. The molecule has 0 radical (unpaired) electrons. The maximum atomic E-state index is 13.4. The van der Waals surface area contributed by atoms with Gasteiger partial charge in [0, 0.05) is 11.8 Å². The van der Waals surface area contributed by atoms with Crippen LogP contribution >= 0.6 is 11.5 Å². The predicted molar refractivity (Wildman–Crippen MR) is 83.8 cm³/mol. The van der Waals surface area contributed by atoms with Gasteiger partial charge in [-0.3, -0.25) is 0 Å². The van der Waals surface area contributed by atoms with Gasteiger partial charge in [0.2, 0.25) is 0 Å². The normalized spacial score (nSPS) is 11.6. The van der Waals surface area contributed by atoms with Crippen LogP contribution in [0.3, 0.4) is 0 Å². The van der Waals surface area contributed by atoms with Crippen LogP contribution in [-0.2, 0) is 9.84 Å². The molecule has 3 aromatic rings. The number of aromatic nitrogens is 2. The lowest BCUT2D eigenvalue weighted by atomic mass is 10.1. The summed E-state index contributed by atoms with van der Waals surface area (Å²) in [5.41, 5.74) is 1.52. The minimum atomic E-state index is -3.28. The van der Waals surface area contributed by atoms with Crippen LogP contribution in [0.25, 0.3) is 21.7 Å². The van der Waals surface area contributed by atoms with Gasteiger partial charge in [-0.05, 0) is 47.4 Å². The lowest BCUT2D eigenvalue weighted by Crippen LogP contribution is -1.96. The number of benzene rings is 2. The van der Waals surface area contributed by atoms with Gasteiger partial charge in [0.05, 0.1) is 9.77 Å². The Labute approximate surface area is 135 Å². The average Bonchev–Trinajstić information content (AvgIpc) is 2.99. The molecule has 0 N–H and O–H groups in total. The zero-order valence-corrected chi connectivity index (χ0v) is 13.5. The van der Waals surface area contributed by atoms with E-state index >= 15 is 0 Å². The number of halogens is 2. The maximum absolute atomic E-state index is 13.4. The fourth-order valence-corrected chi connectivity index (χ4v) is 3.39. The van der Waals surface area contributed by atoms with Crippen molar-refractivity contribution in [3.8, 4) is 21.7 Å². The molecule has 0 aliphatic heterocycles. The van der Waals surface area contributed by atoms with Crippen LogP contribution in [0.1, 0.15) is 0 Å². The van der Waals surface area contributed by atoms with Crippen LogP contribution < -0.4 is 0 Å². The lowest BCUT2D eigenvalue weighted by molar-refractivity contribution is 0.509. The highest BCUT2D eigenvalue weighted by atomic mass is 32.2. The van der Waals surface area contributed by atoms with Crippen molar-refractivity contribution >= 4 is 21.4 Å². The summed E-state index contributed by atoms with van der Waals surface area (Å²) in [6.07, 6.45) is 1.13. The van der Waals surface area contributed by atoms with E-state index in [1.165, 1.54) is 18.2 Å². The monoisotopic (exact) mass is 352 g/mol. The van der Waals surface area contributed by atoms with E-state index in [0.29, 0.717) is 21.7 Å². The first kappa shape index (κ1) is 15.7. The Morgan fingerprint density at radius 2 is 1.61 bits per heavy atom. The fraction of sp³-hybridized carbons (Fsp3) is 0.0667. The lowest BCUT2D eigenvalue weighted by Gasteiger charge is -2.04. The highest BCUT2D eigenvalue weighted by Gasteiger charge is 2.15. The first-order chi connectivity index (χ1) is 10.9. The number of hydrogen-bond donors (Lipinski definition) is 0. The van der Waals surface area contributed by atoms with E-state index in [-0.39, 0.29) is 4.90 Å². The molecular weight excluding hydrogens is 342 g/mol. The minimum Gasteiger partial charge on any atom is -0.224 e. The Balaban J connectivity index is 2.05. The van der Waals surface area contributed by atoms with Gasteiger partial charge in [0.25, 0.3) is 0 Å². The van der Waals surface area contributed by atoms with Crippen LogP contribution in [0.2, 0.25) is 0 Å². The van der Waals surface area contributed by atoms with Crippen LogP contribution in [0.5, 0.6) is 0 Å². The maximum Gasteiger partial charge on any atom is 0.175 e. The summed E-state index contributed by atoms with van der Waals surface area (Å²) < 4.78 is 53.3. The second-order valence-electron chi connectivity index (χ2n) is 4.88. The summed E-state index contributed by atoms with van der Waals surface area (Å²) in [7, 11) is -3.28. The van der Waals surface area contributed by atoms with Gasteiger partial charge in [-0.2, -0.15) is 0 Å². The van der Waals surface area contributed by atoms with Crippen molar-refractivity contribution in [2.75, 3.05) is 6.26 Å². The Morgan fingerprint density at radius 3 is 2.22 bits per heavy atom. The van der Waals surface area contributed by atoms with Gasteiger partial charge in [-0.25, -0.2) is 17.2 Å². The van der Waals surface area contributed by atoms with Crippen molar-refractivity contribution in [1.29, 1.82) is 0 Å². The molecule has 2 aromatic carbocycles. The van der Waals surface area contributed by atoms with E-state index in [9.17, 15) is 17.2 Å². The molecule has 0 unspecified atom stereocenters. The van der Waals surface area contributed by atoms with Gasteiger partial charge < -0.3 is 0 Å². The Bertz CT molecular complexity index is 967. The van der Waals surface area contributed by atoms with E-state index in [1.807, 2.05) is 0 Å². The smallest absolute Gasteiger partial charge is 0.175 e. The molecule has 118 valence electrons. The summed E-state index contributed by atoms with van der Waals surface area (Å²) in [6, 6.07) is 9.74. The molecule has 1 heterocycles. The number of hydrogen-bond acceptors (Lipinski definition) is 5. The molecule has 3 rings (SSSR count). The quantitative estimate of drug-likeness (QED) is 0.723. The summed E-state index contributed by atoms with van der Waals surface area (Å²) in [5, 5.41) is 3.97. The third-order valence-electron chi connectivity index (χ3n) is 3.23.